The summed E-state index contributed by atoms with van der Waals surface area (Å²) < 4.78 is 0. The molecule has 3 heteroatoms. The molecule has 3 nitrogen and oxygen atoms in total. The van der Waals surface area contributed by atoms with Crippen LogP contribution in [0.1, 0.15) is 59.4 Å². The lowest BCUT2D eigenvalue weighted by molar-refractivity contribution is 0.973. The number of rotatable bonds is 1. The van der Waals surface area contributed by atoms with E-state index in [4.69, 9.17) is 5.73 Å². The Kier molecular flexibility index (Phi) is 21.0. The van der Waals surface area contributed by atoms with Crippen molar-refractivity contribution >= 4 is 11.8 Å². The Morgan fingerprint density at radius 2 is 1.59 bits per heavy atom. The normalized spacial score (nSPS) is 7.24. The van der Waals surface area contributed by atoms with Gasteiger partial charge in [0.05, 0.1) is 11.4 Å². The second-order valence-corrected chi connectivity index (χ2v) is 2.74. The van der Waals surface area contributed by atoms with Gasteiger partial charge >= 0.3 is 0 Å². The molecule has 0 spiro atoms. The molecule has 0 unspecified atom stereocenters. The van der Waals surface area contributed by atoms with Crippen LogP contribution < -0.4 is 5.73 Å². The zero-order valence-electron chi connectivity index (χ0n) is 12.5. The molecule has 0 amide bonds. The van der Waals surface area contributed by atoms with Crippen LogP contribution >= 0.6 is 0 Å². The minimum atomic E-state index is 0.627. The van der Waals surface area contributed by atoms with E-state index in [-0.39, 0.29) is 0 Å². The fourth-order valence-electron chi connectivity index (χ4n) is 0.677. The average molecular weight is 239 g/mol. The summed E-state index contributed by atoms with van der Waals surface area (Å²) in [5, 5.41) is 7.61. The molecule has 0 radical (unpaired) electrons. The van der Waals surface area contributed by atoms with E-state index in [1.54, 1.807) is 12.1 Å². The highest BCUT2D eigenvalue weighted by Crippen LogP contribution is 2.08. The molecule has 0 aliphatic rings. The molecule has 0 aliphatic carbocycles. The van der Waals surface area contributed by atoms with Gasteiger partial charge in [0.2, 0.25) is 0 Å². The van der Waals surface area contributed by atoms with Crippen molar-refractivity contribution in [2.45, 2.75) is 54.9 Å². The van der Waals surface area contributed by atoms with Crippen LogP contribution in [0.2, 0.25) is 0 Å². The van der Waals surface area contributed by atoms with Crippen LogP contribution in [0.4, 0.5) is 5.69 Å². The van der Waals surface area contributed by atoms with Crippen molar-refractivity contribution in [2.24, 2.45) is 0 Å². The van der Waals surface area contributed by atoms with Crippen molar-refractivity contribution in [3.05, 3.63) is 24.0 Å². The third kappa shape index (κ3) is 12.6. The predicted octanol–water partition coefficient (Wildman–Crippen LogP) is 4.48. The fraction of sp³-hybridized carbons (Fsp3) is 0.571. The number of hydrogen-bond acceptors (Lipinski definition) is 3. The van der Waals surface area contributed by atoms with Gasteiger partial charge in [-0.25, -0.2) is 0 Å². The topological polar surface area (TPSA) is 51.8 Å². The van der Waals surface area contributed by atoms with Gasteiger partial charge in [0, 0.05) is 0 Å². The SMILES string of the molecule is C=Cc1nnc(C)cc1N.CC.CC.CCC. The lowest BCUT2D eigenvalue weighted by Gasteiger charge is -1.96. The summed E-state index contributed by atoms with van der Waals surface area (Å²) in [7, 11) is 0. The van der Waals surface area contributed by atoms with Crippen LogP contribution in [0, 0.1) is 6.92 Å². The predicted molar refractivity (Wildman–Crippen MR) is 79.9 cm³/mol. The van der Waals surface area contributed by atoms with Crippen LogP contribution in [-0.2, 0) is 0 Å². The molecule has 1 aromatic heterocycles. The van der Waals surface area contributed by atoms with Gasteiger partial charge in [-0.3, -0.25) is 0 Å². The highest BCUT2D eigenvalue weighted by atomic mass is 15.1. The van der Waals surface area contributed by atoms with E-state index in [1.165, 1.54) is 6.42 Å². The zero-order valence-corrected chi connectivity index (χ0v) is 12.5. The average Bonchev–Trinajstić information content (AvgIpc) is 2.35. The number of hydrogen-bond donors (Lipinski definition) is 1. The van der Waals surface area contributed by atoms with Gasteiger partial charge < -0.3 is 5.73 Å². The van der Waals surface area contributed by atoms with Crippen LogP contribution in [0.25, 0.3) is 6.08 Å². The van der Waals surface area contributed by atoms with E-state index in [0.717, 1.165) is 5.69 Å². The monoisotopic (exact) mass is 239 g/mol. The molecule has 0 saturated carbocycles. The molecule has 0 saturated heterocycles. The molecular formula is C14H29N3. The Morgan fingerprint density at radius 3 is 1.88 bits per heavy atom. The number of anilines is 1. The molecule has 0 bridgehead atoms. The number of nitrogens with two attached hydrogens (primary N) is 1. The van der Waals surface area contributed by atoms with Crippen LogP contribution in [0.15, 0.2) is 12.6 Å². The largest absolute Gasteiger partial charge is 0.397 e. The molecule has 2 N–H and O–H groups in total. The molecule has 0 fully saturated rings. The first-order valence-corrected chi connectivity index (χ1v) is 6.37. The standard InChI is InChI=1S/C7H9N3.C3H8.2C2H6/c1-3-7-6(8)4-5(2)9-10-7;1-3-2;2*1-2/h3-4H,1H2,2H3,(H2,8,9);3H2,1-2H3;2*1-2H3. The van der Waals surface area contributed by atoms with Crippen LogP contribution in [-0.4, -0.2) is 10.2 Å². The number of aryl methyl sites for hydroxylation is 1. The summed E-state index contributed by atoms with van der Waals surface area (Å²) in [6, 6.07) is 1.77. The summed E-state index contributed by atoms with van der Waals surface area (Å²) in [5.41, 5.74) is 7.65. The number of aromatic nitrogens is 2. The van der Waals surface area contributed by atoms with E-state index in [2.05, 4.69) is 30.6 Å². The lowest BCUT2D eigenvalue weighted by Crippen LogP contribution is -1.96. The van der Waals surface area contributed by atoms with E-state index in [1.807, 2.05) is 34.6 Å². The molecule has 0 aliphatic heterocycles. The van der Waals surface area contributed by atoms with Crippen molar-refractivity contribution in [2.75, 3.05) is 5.73 Å². The maximum atomic E-state index is 5.56. The Labute approximate surface area is 107 Å². The van der Waals surface area contributed by atoms with Gasteiger partial charge in [-0.05, 0) is 19.1 Å². The molecule has 100 valence electrons. The summed E-state index contributed by atoms with van der Waals surface area (Å²) in [4.78, 5) is 0. The molecule has 1 heterocycles. The smallest absolute Gasteiger partial charge is 0.108 e. The first-order chi connectivity index (χ1) is 8.15. The molecule has 1 aromatic rings. The van der Waals surface area contributed by atoms with Gasteiger partial charge in [0.1, 0.15) is 5.69 Å². The van der Waals surface area contributed by atoms with Crippen LogP contribution in [0.3, 0.4) is 0 Å². The van der Waals surface area contributed by atoms with E-state index in [9.17, 15) is 0 Å². The van der Waals surface area contributed by atoms with Crippen molar-refractivity contribution in [3.63, 3.8) is 0 Å². The summed E-state index contributed by atoms with van der Waals surface area (Å²) >= 11 is 0. The Morgan fingerprint density at radius 1 is 1.18 bits per heavy atom. The zero-order chi connectivity index (χ0) is 14.3. The Bertz CT molecular complexity index is 270. The van der Waals surface area contributed by atoms with Gasteiger partial charge in [-0.1, -0.05) is 54.5 Å². The summed E-state index contributed by atoms with van der Waals surface area (Å²) in [5.74, 6) is 0. The van der Waals surface area contributed by atoms with Gasteiger partial charge in [-0.15, -0.1) is 5.10 Å². The summed E-state index contributed by atoms with van der Waals surface area (Å²) in [6.07, 6.45) is 2.84. The first kappa shape index (κ1) is 21.0. The van der Waals surface area contributed by atoms with Crippen LogP contribution in [0.5, 0.6) is 0 Å². The van der Waals surface area contributed by atoms with E-state index >= 15 is 0 Å². The van der Waals surface area contributed by atoms with Crippen molar-refractivity contribution in [1.82, 2.24) is 10.2 Å². The molecule has 17 heavy (non-hydrogen) atoms. The lowest BCUT2D eigenvalue weighted by atomic mass is 10.3. The minimum absolute atomic E-state index is 0.627. The van der Waals surface area contributed by atoms with E-state index in [0.29, 0.717) is 11.4 Å². The third-order valence-corrected chi connectivity index (χ3v) is 1.17. The first-order valence-electron chi connectivity index (χ1n) is 6.37. The minimum Gasteiger partial charge on any atom is -0.397 e. The number of nitrogens with zero attached hydrogens (tertiary/aromatic N) is 2. The maximum absolute atomic E-state index is 5.56. The Hall–Kier alpha value is -1.38. The highest BCUT2D eigenvalue weighted by Gasteiger charge is 1.95. The fourth-order valence-corrected chi connectivity index (χ4v) is 0.677. The quantitative estimate of drug-likeness (QED) is 0.786. The van der Waals surface area contributed by atoms with Crippen molar-refractivity contribution in [3.8, 4) is 0 Å². The van der Waals surface area contributed by atoms with E-state index < -0.39 is 0 Å². The van der Waals surface area contributed by atoms with Gasteiger partial charge in [-0.2, -0.15) is 5.10 Å². The summed E-state index contributed by atoms with van der Waals surface area (Å²) in [6.45, 7) is 17.6. The Balaban J connectivity index is -0.000000239. The maximum Gasteiger partial charge on any atom is 0.108 e. The molecule has 1 rings (SSSR count). The highest BCUT2D eigenvalue weighted by molar-refractivity contribution is 5.58. The van der Waals surface area contributed by atoms with Crippen molar-refractivity contribution in [1.29, 1.82) is 0 Å². The second kappa shape index (κ2) is 17.0. The molecular weight excluding hydrogens is 210 g/mol. The molecule has 0 atom stereocenters. The number of nitrogen functional groups attached to an aromatic ring is 1. The van der Waals surface area contributed by atoms with Gasteiger partial charge in [0.25, 0.3) is 0 Å². The second-order valence-electron chi connectivity index (χ2n) is 2.74. The van der Waals surface area contributed by atoms with Gasteiger partial charge in [0.15, 0.2) is 0 Å². The van der Waals surface area contributed by atoms with Crippen molar-refractivity contribution < 1.29 is 0 Å². The molecule has 0 aromatic carbocycles. The third-order valence-electron chi connectivity index (χ3n) is 1.17.